The van der Waals surface area contributed by atoms with E-state index in [4.69, 9.17) is 0 Å². The van der Waals surface area contributed by atoms with Crippen molar-refractivity contribution in [2.24, 2.45) is 17.8 Å². The minimum Gasteiger partial charge on any atom is -0.0885 e. The lowest BCUT2D eigenvalue weighted by molar-refractivity contribution is 0.0509. The van der Waals surface area contributed by atoms with Crippen molar-refractivity contribution >= 4 is 31.9 Å². The molecule has 0 amide bonds. The first kappa shape index (κ1) is 8.28. The van der Waals surface area contributed by atoms with Crippen LogP contribution in [0.3, 0.4) is 0 Å². The zero-order valence-corrected chi connectivity index (χ0v) is 10.3. The number of halogens is 2. The molecule has 0 N–H and O–H groups in total. The zero-order valence-electron chi connectivity index (χ0n) is 7.10. The Balaban J connectivity index is 1.95. The average molecular weight is 294 g/mol. The van der Waals surface area contributed by atoms with Gasteiger partial charge in [-0.25, -0.2) is 0 Å². The summed E-state index contributed by atoms with van der Waals surface area (Å²) in [4.78, 5) is 0.847. The molecular weight excluding hydrogens is 280 g/mol. The molecule has 4 rings (SSSR count). The molecule has 12 heavy (non-hydrogen) atoms. The SMILES string of the molecule is BrC1[C@@H]2CC3C[C@H]1CC(Br)(C3)C2. The number of rotatable bonds is 0. The monoisotopic (exact) mass is 292 g/mol. The van der Waals surface area contributed by atoms with Crippen LogP contribution in [0.2, 0.25) is 0 Å². The molecule has 5 atom stereocenters. The van der Waals surface area contributed by atoms with Gasteiger partial charge in [-0.05, 0) is 49.9 Å². The highest BCUT2D eigenvalue weighted by Gasteiger charge is 2.53. The Morgan fingerprint density at radius 1 is 1.00 bits per heavy atom. The quantitative estimate of drug-likeness (QED) is 0.597. The van der Waals surface area contributed by atoms with Crippen LogP contribution in [0.4, 0.5) is 0 Å². The molecule has 4 aliphatic carbocycles. The molecule has 0 aliphatic heterocycles. The highest BCUT2D eigenvalue weighted by molar-refractivity contribution is 9.10. The van der Waals surface area contributed by atoms with Crippen LogP contribution in [0, 0.1) is 17.8 Å². The Hall–Kier alpha value is 0.960. The molecule has 0 nitrogen and oxygen atoms in total. The Labute approximate surface area is 90.7 Å². The molecule has 2 heteroatoms. The van der Waals surface area contributed by atoms with Crippen LogP contribution in [-0.4, -0.2) is 9.15 Å². The third-order valence-corrected chi connectivity index (χ3v) is 6.55. The van der Waals surface area contributed by atoms with E-state index in [1.54, 1.807) is 0 Å². The highest BCUT2D eigenvalue weighted by atomic mass is 79.9. The van der Waals surface area contributed by atoms with Gasteiger partial charge in [-0.15, -0.1) is 0 Å². The van der Waals surface area contributed by atoms with E-state index >= 15 is 0 Å². The zero-order chi connectivity index (χ0) is 8.34. The molecule has 4 aliphatic rings. The van der Waals surface area contributed by atoms with Gasteiger partial charge in [0.1, 0.15) is 0 Å². The van der Waals surface area contributed by atoms with Crippen molar-refractivity contribution in [3.63, 3.8) is 0 Å². The maximum Gasteiger partial charge on any atom is 0.0266 e. The topological polar surface area (TPSA) is 0 Å². The van der Waals surface area contributed by atoms with Crippen LogP contribution < -0.4 is 0 Å². The molecule has 0 heterocycles. The lowest BCUT2D eigenvalue weighted by Crippen LogP contribution is -2.52. The van der Waals surface area contributed by atoms with Gasteiger partial charge in [0.25, 0.3) is 0 Å². The van der Waals surface area contributed by atoms with Crippen LogP contribution >= 0.6 is 31.9 Å². The lowest BCUT2D eigenvalue weighted by atomic mass is 9.56. The molecule has 4 fully saturated rings. The van der Waals surface area contributed by atoms with E-state index in [2.05, 4.69) is 31.9 Å². The van der Waals surface area contributed by atoms with Crippen molar-refractivity contribution in [2.75, 3.05) is 0 Å². The molecule has 68 valence electrons. The predicted octanol–water partition coefficient (Wildman–Crippen LogP) is 3.72. The van der Waals surface area contributed by atoms with Crippen molar-refractivity contribution in [3.05, 3.63) is 0 Å². The molecule has 4 bridgehead atoms. The number of hydrogen-bond acceptors (Lipinski definition) is 0. The first-order valence-corrected chi connectivity index (χ1v) is 6.70. The van der Waals surface area contributed by atoms with E-state index in [-0.39, 0.29) is 0 Å². The fraction of sp³-hybridized carbons (Fsp3) is 1.00. The number of hydrogen-bond donors (Lipinski definition) is 0. The second-order valence-corrected chi connectivity index (χ2v) is 7.80. The standard InChI is InChI=1S/C10H14Br2/c11-9-7-1-6-2-8(9)5-10(12,3-6)4-7/h6-9H,1-5H2/t6?,7-,8+,9?,10?. The van der Waals surface area contributed by atoms with Gasteiger partial charge in [0.05, 0.1) is 0 Å². The van der Waals surface area contributed by atoms with Gasteiger partial charge in [0.2, 0.25) is 0 Å². The van der Waals surface area contributed by atoms with E-state index in [0.29, 0.717) is 4.32 Å². The summed E-state index contributed by atoms with van der Waals surface area (Å²) in [5.74, 6) is 3.02. The molecule has 0 saturated heterocycles. The Morgan fingerprint density at radius 2 is 1.58 bits per heavy atom. The minimum atomic E-state index is 0.563. The molecule has 0 aromatic carbocycles. The molecular formula is C10H14Br2. The second-order valence-electron chi connectivity index (χ2n) is 5.07. The van der Waals surface area contributed by atoms with Crippen molar-refractivity contribution in [2.45, 2.75) is 41.3 Å². The summed E-state index contributed by atoms with van der Waals surface area (Å²) in [5.41, 5.74) is 0. The summed E-state index contributed by atoms with van der Waals surface area (Å²) in [6, 6.07) is 0. The Morgan fingerprint density at radius 3 is 2.08 bits per heavy atom. The average Bonchev–Trinajstić information content (AvgIpc) is 1.96. The van der Waals surface area contributed by atoms with Crippen LogP contribution in [-0.2, 0) is 0 Å². The first-order chi connectivity index (χ1) is 5.66. The summed E-state index contributed by atoms with van der Waals surface area (Å²) < 4.78 is 0.563. The van der Waals surface area contributed by atoms with Crippen molar-refractivity contribution in [1.82, 2.24) is 0 Å². The number of alkyl halides is 2. The van der Waals surface area contributed by atoms with Crippen molar-refractivity contribution in [1.29, 1.82) is 0 Å². The van der Waals surface area contributed by atoms with Crippen molar-refractivity contribution in [3.8, 4) is 0 Å². The van der Waals surface area contributed by atoms with Gasteiger partial charge in [0, 0.05) is 9.15 Å². The highest BCUT2D eigenvalue weighted by Crippen LogP contribution is 2.60. The van der Waals surface area contributed by atoms with Gasteiger partial charge < -0.3 is 0 Å². The second kappa shape index (κ2) is 2.50. The molecule has 0 radical (unpaired) electrons. The van der Waals surface area contributed by atoms with E-state index in [0.717, 1.165) is 22.6 Å². The maximum atomic E-state index is 3.96. The summed E-state index contributed by atoms with van der Waals surface area (Å²) >= 11 is 7.85. The molecule has 4 saturated carbocycles. The largest absolute Gasteiger partial charge is 0.0885 e. The normalized spacial score (nSPS) is 62.5. The van der Waals surface area contributed by atoms with Crippen molar-refractivity contribution < 1.29 is 0 Å². The fourth-order valence-electron chi connectivity index (χ4n) is 3.86. The van der Waals surface area contributed by atoms with Crippen LogP contribution in [0.25, 0.3) is 0 Å². The molecule has 0 aromatic rings. The molecule has 3 unspecified atom stereocenters. The van der Waals surface area contributed by atoms with Gasteiger partial charge in [0.15, 0.2) is 0 Å². The molecule has 0 spiro atoms. The van der Waals surface area contributed by atoms with Gasteiger partial charge in [-0.2, -0.15) is 0 Å². The van der Waals surface area contributed by atoms with Gasteiger partial charge >= 0.3 is 0 Å². The summed E-state index contributed by atoms with van der Waals surface area (Å²) in [7, 11) is 0. The van der Waals surface area contributed by atoms with Crippen LogP contribution in [0.5, 0.6) is 0 Å². The lowest BCUT2D eigenvalue weighted by Gasteiger charge is -2.56. The van der Waals surface area contributed by atoms with E-state index in [1.165, 1.54) is 32.1 Å². The third-order valence-electron chi connectivity index (χ3n) is 4.08. The van der Waals surface area contributed by atoms with E-state index < -0.39 is 0 Å². The minimum absolute atomic E-state index is 0.563. The van der Waals surface area contributed by atoms with E-state index in [1.807, 2.05) is 0 Å². The van der Waals surface area contributed by atoms with E-state index in [9.17, 15) is 0 Å². The summed E-state index contributed by atoms with van der Waals surface area (Å²) in [6.07, 6.45) is 7.31. The van der Waals surface area contributed by atoms with Gasteiger partial charge in [-0.1, -0.05) is 31.9 Å². The molecule has 0 aromatic heterocycles. The van der Waals surface area contributed by atoms with Crippen LogP contribution in [0.1, 0.15) is 32.1 Å². The predicted molar refractivity (Wildman–Crippen MR) is 57.9 cm³/mol. The van der Waals surface area contributed by atoms with Crippen LogP contribution in [0.15, 0.2) is 0 Å². The Bertz CT molecular complexity index is 198. The third kappa shape index (κ3) is 1.06. The smallest absolute Gasteiger partial charge is 0.0266 e. The van der Waals surface area contributed by atoms with Gasteiger partial charge in [-0.3, -0.25) is 0 Å². The first-order valence-electron chi connectivity index (χ1n) is 4.99. The Kier molecular flexibility index (Phi) is 1.73. The summed E-state index contributed by atoms with van der Waals surface area (Å²) in [5, 5.41) is 0. The fourth-order valence-corrected chi connectivity index (χ4v) is 5.96. The summed E-state index contributed by atoms with van der Waals surface area (Å²) in [6.45, 7) is 0. The maximum absolute atomic E-state index is 3.96.